The van der Waals surface area contributed by atoms with E-state index in [0.717, 1.165) is 5.38 Å². The van der Waals surface area contributed by atoms with Gasteiger partial charge in [0.05, 0.1) is 8.07 Å². The van der Waals surface area contributed by atoms with Crippen molar-refractivity contribution in [1.82, 2.24) is 0 Å². The quantitative estimate of drug-likeness (QED) is 0.405. The molecular formula is C4H12I2SSi. The van der Waals surface area contributed by atoms with E-state index in [9.17, 15) is 0 Å². The summed E-state index contributed by atoms with van der Waals surface area (Å²) in [7, 11) is -0.767. The van der Waals surface area contributed by atoms with Crippen LogP contribution in [-0.4, -0.2) is 13.5 Å². The van der Waals surface area contributed by atoms with Crippen LogP contribution < -0.4 is 0 Å². The van der Waals surface area contributed by atoms with E-state index >= 15 is 0 Å². The first-order valence-corrected chi connectivity index (χ1v) is 12.9. The van der Waals surface area contributed by atoms with Crippen LogP contribution in [0, 0.1) is 0 Å². The summed E-state index contributed by atoms with van der Waals surface area (Å²) in [6.07, 6.45) is 0. The average Bonchev–Trinajstić information content (AvgIpc) is 1.71. The van der Waals surface area contributed by atoms with Crippen molar-refractivity contribution < 1.29 is 0 Å². The summed E-state index contributed by atoms with van der Waals surface area (Å²) < 4.78 is 0. The van der Waals surface area contributed by atoms with E-state index in [4.69, 9.17) is 0 Å². The van der Waals surface area contributed by atoms with E-state index in [0.29, 0.717) is 0 Å². The molecule has 0 saturated carbocycles. The van der Waals surface area contributed by atoms with Gasteiger partial charge in [0.15, 0.2) is 0 Å². The van der Waals surface area contributed by atoms with Crippen molar-refractivity contribution in [3.05, 3.63) is 0 Å². The molecule has 0 saturated heterocycles. The molecular weight excluding hydrogens is 362 g/mol. The largest absolute Gasteiger partial charge is 0.182 e. The van der Waals surface area contributed by atoms with E-state index in [2.05, 4.69) is 69.5 Å². The molecule has 0 amide bonds. The first kappa shape index (κ1) is 12.7. The fraction of sp³-hybridized carbons (Fsp3) is 1.00. The van der Waals surface area contributed by atoms with Crippen LogP contribution in [0.5, 0.6) is 0 Å². The highest BCUT2D eigenvalue weighted by Crippen LogP contribution is 2.00. The molecule has 4 heteroatoms. The lowest BCUT2D eigenvalue weighted by Crippen LogP contribution is -2.21. The third-order valence-electron chi connectivity index (χ3n) is 0.474. The van der Waals surface area contributed by atoms with Gasteiger partial charge in [-0.1, -0.05) is 19.6 Å². The van der Waals surface area contributed by atoms with Gasteiger partial charge in [0.2, 0.25) is 0 Å². The molecule has 0 atom stereocenters. The topological polar surface area (TPSA) is 0 Å². The Morgan fingerprint density at radius 2 is 1.38 bits per heavy atom. The maximum Gasteiger partial charge on any atom is 0.0544 e. The molecule has 0 aliphatic rings. The number of rotatable bonds is 1. The summed E-state index contributed by atoms with van der Waals surface area (Å²) in [6, 6.07) is 0. The molecule has 0 aromatic carbocycles. The Morgan fingerprint density at radius 1 is 1.25 bits per heavy atom. The molecule has 0 aromatic heterocycles. The van der Waals surface area contributed by atoms with Gasteiger partial charge in [0.25, 0.3) is 0 Å². The number of hydrogen-bond acceptors (Lipinski definition) is 1. The van der Waals surface area contributed by atoms with Crippen LogP contribution in [0.25, 0.3) is 0 Å². The van der Waals surface area contributed by atoms with Crippen molar-refractivity contribution in [1.29, 1.82) is 0 Å². The third kappa shape index (κ3) is 15.7. The first-order valence-electron chi connectivity index (χ1n) is 2.31. The number of thiol groups is 1. The van der Waals surface area contributed by atoms with Gasteiger partial charge in [0.1, 0.15) is 0 Å². The summed E-state index contributed by atoms with van der Waals surface area (Å²) in [5.41, 5.74) is 0. The predicted octanol–water partition coefficient (Wildman–Crippen LogP) is 3.57. The minimum atomic E-state index is -0.767. The van der Waals surface area contributed by atoms with Gasteiger partial charge in [-0.15, -0.1) is 0 Å². The lowest BCUT2D eigenvalue weighted by atomic mass is 11.8. The highest BCUT2D eigenvalue weighted by molar-refractivity contribution is 15.0. The monoisotopic (exact) mass is 374 g/mol. The number of halogens is 2. The van der Waals surface area contributed by atoms with E-state index in [1.807, 2.05) is 0 Å². The SMILES string of the molecule is C[Si](C)(C)CS.II. The van der Waals surface area contributed by atoms with Gasteiger partial charge in [-0.3, -0.25) is 0 Å². The molecule has 0 nitrogen and oxygen atoms in total. The summed E-state index contributed by atoms with van der Waals surface area (Å²) >= 11 is 8.40. The van der Waals surface area contributed by atoms with Gasteiger partial charge < -0.3 is 0 Å². The highest BCUT2D eigenvalue weighted by atomic mass is 128. The zero-order chi connectivity index (χ0) is 7.21. The molecule has 0 rings (SSSR count). The van der Waals surface area contributed by atoms with Crippen molar-refractivity contribution in [2.24, 2.45) is 0 Å². The Morgan fingerprint density at radius 3 is 1.38 bits per heavy atom. The molecule has 52 valence electrons. The Kier molecular flexibility index (Phi) is 11.3. The maximum absolute atomic E-state index is 4.16. The first-order chi connectivity index (χ1) is 3.56. The van der Waals surface area contributed by atoms with Crippen molar-refractivity contribution in [2.75, 3.05) is 5.38 Å². The van der Waals surface area contributed by atoms with Crippen molar-refractivity contribution in [3.8, 4) is 0 Å². The van der Waals surface area contributed by atoms with E-state index in [-0.39, 0.29) is 0 Å². The summed E-state index contributed by atoms with van der Waals surface area (Å²) in [4.78, 5) is 0. The lowest BCUT2D eigenvalue weighted by Gasteiger charge is -2.08. The van der Waals surface area contributed by atoms with E-state index in [1.165, 1.54) is 0 Å². The Hall–Kier alpha value is 2.03. The van der Waals surface area contributed by atoms with Crippen LogP contribution in [0.15, 0.2) is 0 Å². The third-order valence-corrected chi connectivity index (χ3v) is 4.27. The normalized spacial score (nSPS) is 9.75. The van der Waals surface area contributed by atoms with Gasteiger partial charge >= 0.3 is 0 Å². The van der Waals surface area contributed by atoms with Crippen LogP contribution in [0.3, 0.4) is 0 Å². The second kappa shape index (κ2) is 7.14. The molecule has 0 aromatic rings. The van der Waals surface area contributed by atoms with Crippen LogP contribution >= 0.6 is 49.9 Å². The van der Waals surface area contributed by atoms with Gasteiger partial charge in [0, 0.05) is 37.2 Å². The zero-order valence-electron chi connectivity index (χ0n) is 5.41. The lowest BCUT2D eigenvalue weighted by molar-refractivity contribution is 1.68. The highest BCUT2D eigenvalue weighted by Gasteiger charge is 2.07. The predicted molar refractivity (Wildman–Crippen MR) is 65.2 cm³/mol. The van der Waals surface area contributed by atoms with E-state index in [1.54, 1.807) is 0 Å². The Balaban J connectivity index is 0. The van der Waals surface area contributed by atoms with Gasteiger partial charge in [-0.05, 0) is 5.38 Å². The molecule has 0 N–H and O–H groups in total. The van der Waals surface area contributed by atoms with E-state index < -0.39 is 8.07 Å². The summed E-state index contributed by atoms with van der Waals surface area (Å²) in [5.74, 6) is 0. The van der Waals surface area contributed by atoms with Gasteiger partial charge in [-0.25, -0.2) is 0 Å². The van der Waals surface area contributed by atoms with Crippen molar-refractivity contribution in [3.63, 3.8) is 0 Å². The van der Waals surface area contributed by atoms with Crippen LogP contribution in [0.2, 0.25) is 19.6 Å². The zero-order valence-corrected chi connectivity index (χ0v) is 11.6. The molecule has 0 radical (unpaired) electrons. The second-order valence-corrected chi connectivity index (χ2v) is 9.11. The van der Waals surface area contributed by atoms with Crippen LogP contribution in [0.4, 0.5) is 0 Å². The minimum Gasteiger partial charge on any atom is -0.182 e. The molecule has 0 unspecified atom stereocenters. The van der Waals surface area contributed by atoms with Crippen molar-refractivity contribution in [2.45, 2.75) is 19.6 Å². The summed E-state index contributed by atoms with van der Waals surface area (Å²) in [5, 5.41) is 1.10. The Labute approximate surface area is 81.9 Å². The fourth-order valence-corrected chi connectivity index (χ4v) is 0. The smallest absolute Gasteiger partial charge is 0.0544 e. The molecule has 0 aliphatic heterocycles. The minimum absolute atomic E-state index is 0.767. The fourth-order valence-electron chi connectivity index (χ4n) is 0. The average molecular weight is 374 g/mol. The molecule has 0 aliphatic carbocycles. The standard InChI is InChI=1S/C4H12SSi.I2/c1-6(2,3)4-5;1-2/h5H,4H2,1-3H3;. The van der Waals surface area contributed by atoms with Crippen LogP contribution in [0.1, 0.15) is 0 Å². The molecule has 0 fully saturated rings. The molecule has 0 spiro atoms. The number of hydrogen-bond donors (Lipinski definition) is 1. The summed E-state index contributed by atoms with van der Waals surface area (Å²) in [6.45, 7) is 6.92. The second-order valence-electron chi connectivity index (χ2n) is 2.72. The van der Waals surface area contributed by atoms with Gasteiger partial charge in [-0.2, -0.15) is 12.6 Å². The van der Waals surface area contributed by atoms with Crippen molar-refractivity contribution >= 4 is 57.9 Å². The molecule has 0 bridgehead atoms. The Bertz CT molecular complexity index is 43.8. The molecule has 8 heavy (non-hydrogen) atoms. The van der Waals surface area contributed by atoms with Crippen LogP contribution in [-0.2, 0) is 0 Å². The maximum atomic E-state index is 4.16. The molecule has 0 heterocycles.